The van der Waals surface area contributed by atoms with E-state index in [4.69, 9.17) is 5.11 Å². The van der Waals surface area contributed by atoms with Gasteiger partial charge in [0.15, 0.2) is 0 Å². The molecule has 0 amide bonds. The predicted molar refractivity (Wildman–Crippen MR) is 67.6 cm³/mol. The maximum Gasteiger partial charge on any atom is 0.352 e. The molecule has 0 fully saturated rings. The van der Waals surface area contributed by atoms with E-state index in [9.17, 15) is 13.2 Å². The van der Waals surface area contributed by atoms with Gasteiger partial charge < -0.3 is 9.67 Å². The monoisotopic (exact) mass is 299 g/mol. The highest BCUT2D eigenvalue weighted by Crippen LogP contribution is 2.13. The normalized spacial score (nSPS) is 11.7. The zero-order chi connectivity index (χ0) is 14.8. The molecule has 2 rings (SSSR count). The summed E-state index contributed by atoms with van der Waals surface area (Å²) in [6, 6.07) is 1.11. The van der Waals surface area contributed by atoms with E-state index in [1.807, 2.05) is 0 Å². The molecule has 0 aliphatic carbocycles. The zero-order valence-electron chi connectivity index (χ0n) is 10.6. The molecule has 0 atom stereocenters. The summed E-state index contributed by atoms with van der Waals surface area (Å²) in [7, 11) is -2.27. The largest absolute Gasteiger partial charge is 0.477 e. The molecule has 0 aliphatic heterocycles. The summed E-state index contributed by atoms with van der Waals surface area (Å²) in [5.41, 5.74) is -0.0957. The molecule has 2 aromatic rings. The molecule has 0 saturated heterocycles. The summed E-state index contributed by atoms with van der Waals surface area (Å²) in [5.74, 6) is -1.18. The number of aromatic nitrogens is 4. The molecular formula is C10H13N5O4S. The zero-order valence-corrected chi connectivity index (χ0v) is 11.4. The highest BCUT2D eigenvalue weighted by atomic mass is 32.2. The van der Waals surface area contributed by atoms with E-state index in [1.165, 1.54) is 28.7 Å². The second-order valence-electron chi connectivity index (χ2n) is 4.04. The van der Waals surface area contributed by atoms with Crippen LogP contribution in [0.4, 0.5) is 0 Å². The molecule has 0 radical (unpaired) electrons. The van der Waals surface area contributed by atoms with Crippen LogP contribution >= 0.6 is 0 Å². The number of carboxylic acids is 1. The second-order valence-corrected chi connectivity index (χ2v) is 5.81. The Kier molecular flexibility index (Phi) is 3.86. The van der Waals surface area contributed by atoms with Crippen LogP contribution in [0.3, 0.4) is 0 Å². The predicted octanol–water partition coefficient (Wildman–Crippen LogP) is -0.707. The summed E-state index contributed by atoms with van der Waals surface area (Å²) < 4.78 is 29.1. The van der Waals surface area contributed by atoms with Crippen LogP contribution in [0.2, 0.25) is 0 Å². The number of aryl methyl sites for hydroxylation is 1. The fourth-order valence-electron chi connectivity index (χ4n) is 1.62. The summed E-state index contributed by atoms with van der Waals surface area (Å²) >= 11 is 0. The topological polar surface area (TPSA) is 119 Å². The molecule has 20 heavy (non-hydrogen) atoms. The summed E-state index contributed by atoms with van der Waals surface area (Å²) in [6.07, 6.45) is 4.35. The van der Waals surface area contributed by atoms with Gasteiger partial charge in [0.05, 0.1) is 12.7 Å². The van der Waals surface area contributed by atoms with Crippen molar-refractivity contribution >= 4 is 16.0 Å². The Morgan fingerprint density at radius 1 is 1.50 bits per heavy atom. The Hall–Kier alpha value is -2.20. The number of aromatic carboxylic acids is 1. The van der Waals surface area contributed by atoms with Crippen molar-refractivity contribution in [3.05, 3.63) is 30.4 Å². The number of carboxylic acid groups (broad SMARTS) is 1. The third-order valence-electron chi connectivity index (χ3n) is 2.61. The standard InChI is InChI=1S/C10H13N5O4S/c1-14-7-8(6-9(14)10(16)17)20(18,19)12-3-5-15-4-2-11-13-15/h2,4,6-7,12H,3,5H2,1H3,(H,16,17). The van der Waals surface area contributed by atoms with Crippen LogP contribution in [-0.2, 0) is 23.6 Å². The minimum absolute atomic E-state index is 0.0870. The van der Waals surface area contributed by atoms with Crippen molar-refractivity contribution in [2.45, 2.75) is 11.4 Å². The van der Waals surface area contributed by atoms with Gasteiger partial charge in [-0.2, -0.15) is 0 Å². The second kappa shape index (κ2) is 5.43. The van der Waals surface area contributed by atoms with Crippen molar-refractivity contribution in [3.8, 4) is 0 Å². The maximum absolute atomic E-state index is 12.0. The Balaban J connectivity index is 2.06. The van der Waals surface area contributed by atoms with E-state index < -0.39 is 16.0 Å². The van der Waals surface area contributed by atoms with Crippen LogP contribution < -0.4 is 4.72 Å². The summed E-state index contributed by atoms with van der Waals surface area (Å²) in [5, 5.41) is 16.2. The van der Waals surface area contributed by atoms with E-state index >= 15 is 0 Å². The van der Waals surface area contributed by atoms with Crippen LogP contribution in [0, 0.1) is 0 Å². The van der Waals surface area contributed by atoms with Crippen LogP contribution in [0.25, 0.3) is 0 Å². The van der Waals surface area contributed by atoms with Crippen molar-refractivity contribution in [2.24, 2.45) is 7.05 Å². The number of hydrogen-bond donors (Lipinski definition) is 2. The number of nitrogens with zero attached hydrogens (tertiary/aromatic N) is 4. The molecule has 108 valence electrons. The fourth-order valence-corrected chi connectivity index (χ4v) is 2.71. The number of hydrogen-bond acceptors (Lipinski definition) is 5. The lowest BCUT2D eigenvalue weighted by molar-refractivity contribution is 0.0686. The molecular weight excluding hydrogens is 286 g/mol. The van der Waals surface area contributed by atoms with Gasteiger partial charge in [-0.1, -0.05) is 5.21 Å². The SMILES string of the molecule is Cn1cc(S(=O)(=O)NCCn2ccnn2)cc1C(=O)O. The van der Waals surface area contributed by atoms with Crippen LogP contribution in [0.15, 0.2) is 29.6 Å². The van der Waals surface area contributed by atoms with Gasteiger partial charge in [-0.3, -0.25) is 4.68 Å². The first-order valence-corrected chi connectivity index (χ1v) is 7.12. The molecule has 2 heterocycles. The summed E-state index contributed by atoms with van der Waals surface area (Å²) in [6.45, 7) is 0.459. The van der Waals surface area contributed by atoms with Gasteiger partial charge in [0.1, 0.15) is 10.6 Å². The third-order valence-corrected chi connectivity index (χ3v) is 4.04. The molecule has 0 saturated carbocycles. The van der Waals surface area contributed by atoms with Gasteiger partial charge in [-0.05, 0) is 6.07 Å². The first kappa shape index (κ1) is 14.2. The highest BCUT2D eigenvalue weighted by molar-refractivity contribution is 7.89. The highest BCUT2D eigenvalue weighted by Gasteiger charge is 2.19. The average molecular weight is 299 g/mol. The summed E-state index contributed by atoms with van der Waals surface area (Å²) in [4.78, 5) is 10.8. The van der Waals surface area contributed by atoms with E-state index in [0.717, 1.165) is 6.07 Å². The van der Waals surface area contributed by atoms with Crippen LogP contribution in [0.1, 0.15) is 10.5 Å². The average Bonchev–Trinajstić information content (AvgIpc) is 2.98. The molecule has 0 aliphatic rings. The van der Waals surface area contributed by atoms with E-state index in [2.05, 4.69) is 15.0 Å². The van der Waals surface area contributed by atoms with Gasteiger partial charge in [0, 0.05) is 26.0 Å². The number of sulfonamides is 1. The third kappa shape index (κ3) is 3.03. The van der Waals surface area contributed by atoms with E-state index in [1.54, 1.807) is 6.20 Å². The number of nitrogens with one attached hydrogen (secondary N) is 1. The maximum atomic E-state index is 12.0. The van der Waals surface area contributed by atoms with Gasteiger partial charge in [-0.15, -0.1) is 5.10 Å². The lowest BCUT2D eigenvalue weighted by Gasteiger charge is -2.04. The van der Waals surface area contributed by atoms with E-state index in [0.29, 0.717) is 6.54 Å². The van der Waals surface area contributed by atoms with Crippen molar-refractivity contribution in [1.82, 2.24) is 24.3 Å². The van der Waals surface area contributed by atoms with Crippen molar-refractivity contribution < 1.29 is 18.3 Å². The molecule has 0 unspecified atom stereocenters. The van der Waals surface area contributed by atoms with Crippen LogP contribution in [-0.4, -0.2) is 45.6 Å². The minimum atomic E-state index is -3.74. The number of carbonyl (C=O) groups is 1. The molecule has 0 spiro atoms. The molecule has 9 nitrogen and oxygen atoms in total. The molecule has 0 bridgehead atoms. The minimum Gasteiger partial charge on any atom is -0.477 e. The Morgan fingerprint density at radius 2 is 2.25 bits per heavy atom. The van der Waals surface area contributed by atoms with Gasteiger partial charge in [0.2, 0.25) is 10.0 Å². The van der Waals surface area contributed by atoms with Crippen molar-refractivity contribution in [1.29, 1.82) is 0 Å². The Labute approximate surface area is 114 Å². The molecule has 0 aromatic carbocycles. The first-order chi connectivity index (χ1) is 9.40. The van der Waals surface area contributed by atoms with Gasteiger partial charge in [0.25, 0.3) is 0 Å². The molecule has 2 aromatic heterocycles. The number of rotatable bonds is 6. The molecule has 2 N–H and O–H groups in total. The quantitative estimate of drug-likeness (QED) is 0.727. The Bertz CT molecular complexity index is 704. The van der Waals surface area contributed by atoms with E-state index in [-0.39, 0.29) is 17.1 Å². The smallest absolute Gasteiger partial charge is 0.352 e. The van der Waals surface area contributed by atoms with Crippen molar-refractivity contribution in [2.75, 3.05) is 6.54 Å². The first-order valence-electron chi connectivity index (χ1n) is 5.63. The fraction of sp³-hybridized carbons (Fsp3) is 0.300. The van der Waals surface area contributed by atoms with Crippen LogP contribution in [0.5, 0.6) is 0 Å². The van der Waals surface area contributed by atoms with Crippen molar-refractivity contribution in [3.63, 3.8) is 0 Å². The Morgan fingerprint density at radius 3 is 2.80 bits per heavy atom. The lowest BCUT2D eigenvalue weighted by atomic mass is 10.4. The van der Waals surface area contributed by atoms with Gasteiger partial charge in [-0.25, -0.2) is 17.9 Å². The molecule has 10 heteroatoms. The lowest BCUT2D eigenvalue weighted by Crippen LogP contribution is -2.27. The van der Waals surface area contributed by atoms with Gasteiger partial charge >= 0.3 is 5.97 Å².